The highest BCUT2D eigenvalue weighted by Crippen LogP contribution is 2.23. The molecule has 0 aromatic heterocycles. The molecule has 0 bridgehead atoms. The molecular formula is C66H123NO8. The van der Waals surface area contributed by atoms with Crippen LogP contribution in [0.5, 0.6) is 0 Å². The third-order valence-electron chi connectivity index (χ3n) is 15.4. The number of allylic oxidation sites excluding steroid dienone is 8. The van der Waals surface area contributed by atoms with E-state index in [1.54, 1.807) is 0 Å². The number of rotatable bonds is 56. The van der Waals surface area contributed by atoms with Gasteiger partial charge in [0, 0.05) is 6.42 Å². The highest BCUT2D eigenvalue weighted by molar-refractivity contribution is 5.76. The largest absolute Gasteiger partial charge is 0.394 e. The van der Waals surface area contributed by atoms with Crippen LogP contribution in [0.4, 0.5) is 0 Å². The molecule has 9 nitrogen and oxygen atoms in total. The maximum atomic E-state index is 13.1. The van der Waals surface area contributed by atoms with Crippen molar-refractivity contribution in [3.63, 3.8) is 0 Å². The van der Waals surface area contributed by atoms with Gasteiger partial charge in [-0.25, -0.2) is 0 Å². The van der Waals surface area contributed by atoms with Gasteiger partial charge in [-0.05, 0) is 51.4 Å². The van der Waals surface area contributed by atoms with E-state index in [4.69, 9.17) is 9.47 Å². The second-order valence-electron chi connectivity index (χ2n) is 22.5. The smallest absolute Gasteiger partial charge is 0.220 e. The molecule has 0 aromatic carbocycles. The summed E-state index contributed by atoms with van der Waals surface area (Å²) in [4.78, 5) is 13.1. The number of hydrogen-bond acceptors (Lipinski definition) is 8. The molecule has 1 amide bonds. The van der Waals surface area contributed by atoms with E-state index in [9.17, 15) is 30.3 Å². The van der Waals surface area contributed by atoms with Gasteiger partial charge in [0.2, 0.25) is 5.91 Å². The van der Waals surface area contributed by atoms with E-state index in [1.165, 1.54) is 205 Å². The number of aliphatic hydroxyl groups excluding tert-OH is 5. The Morgan fingerprint density at radius 3 is 1.23 bits per heavy atom. The Bertz CT molecular complexity index is 1320. The topological polar surface area (TPSA) is 149 Å². The van der Waals surface area contributed by atoms with Gasteiger partial charge in [-0.1, -0.05) is 300 Å². The highest BCUT2D eigenvalue weighted by atomic mass is 16.7. The van der Waals surface area contributed by atoms with E-state index >= 15 is 0 Å². The molecule has 0 saturated carbocycles. The summed E-state index contributed by atoms with van der Waals surface area (Å²) in [6.07, 6.45) is 67.4. The zero-order chi connectivity index (χ0) is 54.3. The van der Waals surface area contributed by atoms with Gasteiger partial charge >= 0.3 is 0 Å². The Morgan fingerprint density at radius 2 is 0.827 bits per heavy atom. The fourth-order valence-corrected chi connectivity index (χ4v) is 10.4. The molecule has 7 atom stereocenters. The number of ether oxygens (including phenoxy) is 2. The van der Waals surface area contributed by atoms with Crippen LogP contribution in [0.15, 0.2) is 48.6 Å². The lowest BCUT2D eigenvalue weighted by Crippen LogP contribution is -2.60. The first kappa shape index (κ1) is 71.2. The normalized spacial score (nSPS) is 19.2. The molecule has 0 radical (unpaired) electrons. The van der Waals surface area contributed by atoms with Gasteiger partial charge < -0.3 is 40.3 Å². The number of carbonyl (C=O) groups excluding carboxylic acids is 1. The van der Waals surface area contributed by atoms with Gasteiger partial charge in [-0.3, -0.25) is 4.79 Å². The van der Waals surface area contributed by atoms with Gasteiger partial charge in [0.25, 0.3) is 0 Å². The summed E-state index contributed by atoms with van der Waals surface area (Å²) in [5.41, 5.74) is 0. The highest BCUT2D eigenvalue weighted by Gasteiger charge is 2.44. The molecule has 1 fully saturated rings. The number of nitrogens with one attached hydrogen (secondary N) is 1. The van der Waals surface area contributed by atoms with Gasteiger partial charge in [0.05, 0.1) is 25.4 Å². The molecule has 6 N–H and O–H groups in total. The fraction of sp³-hybridized carbons (Fsp3) is 0.864. The summed E-state index contributed by atoms with van der Waals surface area (Å²) >= 11 is 0. The number of hydrogen-bond donors (Lipinski definition) is 6. The van der Waals surface area contributed by atoms with Gasteiger partial charge in [-0.15, -0.1) is 0 Å². The minimum atomic E-state index is -1.56. The minimum absolute atomic E-state index is 0.144. The Hall–Kier alpha value is -1.85. The average molecular weight is 1060 g/mol. The van der Waals surface area contributed by atoms with Crippen molar-refractivity contribution in [2.24, 2.45) is 0 Å². The standard InChI is InChI=1S/C66H123NO8/c1-3-5-7-9-11-13-15-17-19-21-23-24-25-26-27-28-29-30-31-32-33-34-35-36-38-39-41-43-45-47-49-51-53-55-60(69)59(58-74-66-65(73)64(72)63(71)61(57-68)75-66)67-62(70)56-54-52-50-48-46-44-42-40-37-22-20-18-16-14-12-10-8-6-4-2/h6,8,12,14,18,20,37,40,59-61,63-66,68-69,71-73H,3-5,7,9-11,13,15-17,19,21-36,38-39,41-58H2,1-2H3,(H,67,70)/b8-6-,14-12-,20-18-,40-37-. The van der Waals surface area contributed by atoms with E-state index < -0.39 is 49.5 Å². The van der Waals surface area contributed by atoms with Crippen molar-refractivity contribution < 1.29 is 39.8 Å². The molecule has 1 heterocycles. The first-order chi connectivity index (χ1) is 36.8. The van der Waals surface area contributed by atoms with E-state index in [0.29, 0.717) is 12.8 Å². The second-order valence-corrected chi connectivity index (χ2v) is 22.5. The molecule has 1 rings (SSSR count). The molecule has 7 unspecified atom stereocenters. The van der Waals surface area contributed by atoms with Crippen molar-refractivity contribution in [2.45, 2.75) is 352 Å². The van der Waals surface area contributed by atoms with Crippen LogP contribution >= 0.6 is 0 Å². The Balaban J connectivity index is 2.12. The molecule has 0 aromatic rings. The van der Waals surface area contributed by atoms with Crippen LogP contribution in [0.2, 0.25) is 0 Å². The van der Waals surface area contributed by atoms with Gasteiger partial charge in [0.1, 0.15) is 24.4 Å². The van der Waals surface area contributed by atoms with Crippen LogP contribution in [0.3, 0.4) is 0 Å². The molecule has 9 heteroatoms. The average Bonchev–Trinajstić information content (AvgIpc) is 3.41. The predicted molar refractivity (Wildman–Crippen MR) is 318 cm³/mol. The lowest BCUT2D eigenvalue weighted by atomic mass is 9.99. The zero-order valence-corrected chi connectivity index (χ0v) is 49.1. The second kappa shape index (κ2) is 55.5. The number of carbonyl (C=O) groups is 1. The van der Waals surface area contributed by atoms with E-state index in [0.717, 1.165) is 77.0 Å². The molecule has 1 saturated heterocycles. The van der Waals surface area contributed by atoms with Gasteiger partial charge in [0.15, 0.2) is 6.29 Å². The molecule has 75 heavy (non-hydrogen) atoms. The van der Waals surface area contributed by atoms with Crippen molar-refractivity contribution in [1.82, 2.24) is 5.32 Å². The lowest BCUT2D eigenvalue weighted by Gasteiger charge is -2.40. The van der Waals surface area contributed by atoms with Crippen molar-refractivity contribution >= 4 is 5.91 Å². The summed E-state index contributed by atoms with van der Waals surface area (Å²) in [6.45, 7) is 3.75. The first-order valence-electron chi connectivity index (χ1n) is 32.3. The Kier molecular flexibility index (Phi) is 52.6. The lowest BCUT2D eigenvalue weighted by molar-refractivity contribution is -0.302. The summed E-state index contributed by atoms with van der Waals surface area (Å²) < 4.78 is 11.3. The fourth-order valence-electron chi connectivity index (χ4n) is 10.4. The first-order valence-corrected chi connectivity index (χ1v) is 32.3. The number of aliphatic hydroxyl groups is 5. The third-order valence-corrected chi connectivity index (χ3v) is 15.4. The molecule has 0 spiro atoms. The minimum Gasteiger partial charge on any atom is -0.394 e. The van der Waals surface area contributed by atoms with Crippen LogP contribution < -0.4 is 5.32 Å². The van der Waals surface area contributed by atoms with Crippen LogP contribution in [0, 0.1) is 0 Å². The monoisotopic (exact) mass is 1060 g/mol. The summed E-state index contributed by atoms with van der Waals surface area (Å²) in [7, 11) is 0. The molecular weight excluding hydrogens is 935 g/mol. The zero-order valence-electron chi connectivity index (χ0n) is 49.1. The van der Waals surface area contributed by atoms with E-state index in [1.807, 2.05) is 0 Å². The Morgan fingerprint density at radius 1 is 0.467 bits per heavy atom. The maximum Gasteiger partial charge on any atom is 0.220 e. The molecule has 0 aliphatic carbocycles. The molecule has 1 aliphatic heterocycles. The number of unbranched alkanes of at least 4 members (excludes halogenated alkanes) is 38. The molecule has 1 aliphatic rings. The van der Waals surface area contributed by atoms with Crippen molar-refractivity contribution in [2.75, 3.05) is 13.2 Å². The van der Waals surface area contributed by atoms with Crippen LogP contribution in [0.1, 0.15) is 309 Å². The van der Waals surface area contributed by atoms with Crippen molar-refractivity contribution in [3.05, 3.63) is 48.6 Å². The van der Waals surface area contributed by atoms with E-state index in [2.05, 4.69) is 67.8 Å². The van der Waals surface area contributed by atoms with Crippen LogP contribution in [-0.4, -0.2) is 87.5 Å². The van der Waals surface area contributed by atoms with Gasteiger partial charge in [-0.2, -0.15) is 0 Å². The maximum absolute atomic E-state index is 13.1. The predicted octanol–water partition coefficient (Wildman–Crippen LogP) is 16.9. The molecule has 440 valence electrons. The quantitative estimate of drug-likeness (QED) is 0.0261. The third kappa shape index (κ3) is 44.7. The van der Waals surface area contributed by atoms with Crippen molar-refractivity contribution in [1.29, 1.82) is 0 Å². The Labute approximate surface area is 463 Å². The summed E-state index contributed by atoms with van der Waals surface area (Å²) in [5.74, 6) is -0.156. The SMILES string of the molecule is CC/C=C\C/C=C\C/C=C\C/C=C\CCCCCCCCC(=O)NC(COC1OC(CO)C(O)C(O)C1O)C(O)CCCCCCCCCCCCCCCCCCCCCCCCCCCCCCCCCCC. The van der Waals surface area contributed by atoms with Crippen LogP contribution in [0.25, 0.3) is 0 Å². The number of amides is 1. The summed E-state index contributed by atoms with van der Waals surface area (Å²) in [5, 5.41) is 54.8. The van der Waals surface area contributed by atoms with Crippen LogP contribution in [-0.2, 0) is 14.3 Å². The summed E-state index contributed by atoms with van der Waals surface area (Å²) in [6, 6.07) is -0.730. The van der Waals surface area contributed by atoms with E-state index in [-0.39, 0.29) is 12.5 Å². The van der Waals surface area contributed by atoms with Crippen molar-refractivity contribution in [3.8, 4) is 0 Å².